The quantitative estimate of drug-likeness (QED) is 0.794. The lowest BCUT2D eigenvalue weighted by Crippen LogP contribution is -2.33. The standard InChI is InChI=1S/C12H16ClNO/c1-9(13)7-14-8-11-6-10-4-2-3-5-12(10)15-11/h2-5,9,11,14H,6-8H2,1H3. The van der Waals surface area contributed by atoms with Gasteiger partial charge in [0.1, 0.15) is 11.9 Å². The van der Waals surface area contributed by atoms with Crippen molar-refractivity contribution in [3.8, 4) is 5.75 Å². The van der Waals surface area contributed by atoms with Gasteiger partial charge in [0.15, 0.2) is 0 Å². The molecule has 3 heteroatoms. The normalized spacial score (nSPS) is 20.8. The van der Waals surface area contributed by atoms with Crippen LogP contribution in [0.25, 0.3) is 0 Å². The average molecular weight is 226 g/mol. The fourth-order valence-corrected chi connectivity index (χ4v) is 1.92. The summed E-state index contributed by atoms with van der Waals surface area (Å²) in [5, 5.41) is 3.48. The second-order valence-electron chi connectivity index (χ2n) is 3.99. The van der Waals surface area contributed by atoms with Gasteiger partial charge >= 0.3 is 0 Å². The first-order chi connectivity index (χ1) is 7.25. The lowest BCUT2D eigenvalue weighted by Gasteiger charge is -2.12. The van der Waals surface area contributed by atoms with E-state index < -0.39 is 0 Å². The third-order valence-corrected chi connectivity index (χ3v) is 2.67. The van der Waals surface area contributed by atoms with Crippen LogP contribution in [-0.2, 0) is 6.42 Å². The van der Waals surface area contributed by atoms with Gasteiger partial charge in [-0.3, -0.25) is 0 Å². The topological polar surface area (TPSA) is 21.3 Å². The van der Waals surface area contributed by atoms with Crippen molar-refractivity contribution < 1.29 is 4.74 Å². The number of benzene rings is 1. The van der Waals surface area contributed by atoms with Crippen LogP contribution in [0.5, 0.6) is 5.75 Å². The summed E-state index contributed by atoms with van der Waals surface area (Å²) < 4.78 is 5.78. The molecule has 0 fully saturated rings. The number of halogens is 1. The molecule has 2 unspecified atom stereocenters. The van der Waals surface area contributed by atoms with Gasteiger partial charge in [-0.25, -0.2) is 0 Å². The number of para-hydroxylation sites is 1. The van der Waals surface area contributed by atoms with Gasteiger partial charge in [0.2, 0.25) is 0 Å². The summed E-state index contributed by atoms with van der Waals surface area (Å²) in [5.41, 5.74) is 1.31. The van der Waals surface area contributed by atoms with Gasteiger partial charge in [-0.2, -0.15) is 0 Å². The third-order valence-electron chi connectivity index (χ3n) is 2.51. The molecule has 1 aliphatic heterocycles. The number of fused-ring (bicyclic) bond motifs is 1. The van der Waals surface area contributed by atoms with Crippen LogP contribution < -0.4 is 10.1 Å². The van der Waals surface area contributed by atoms with E-state index in [1.807, 2.05) is 19.1 Å². The van der Waals surface area contributed by atoms with Crippen molar-refractivity contribution in [1.82, 2.24) is 5.32 Å². The summed E-state index contributed by atoms with van der Waals surface area (Å²) >= 11 is 5.85. The van der Waals surface area contributed by atoms with Gasteiger partial charge < -0.3 is 10.1 Å². The van der Waals surface area contributed by atoms with E-state index in [4.69, 9.17) is 16.3 Å². The van der Waals surface area contributed by atoms with Gasteiger partial charge in [0.25, 0.3) is 0 Å². The van der Waals surface area contributed by atoms with Crippen molar-refractivity contribution in [2.24, 2.45) is 0 Å². The predicted octanol–water partition coefficient (Wildman–Crippen LogP) is 2.21. The van der Waals surface area contributed by atoms with Crippen molar-refractivity contribution in [2.45, 2.75) is 24.8 Å². The van der Waals surface area contributed by atoms with Gasteiger partial charge in [-0.1, -0.05) is 18.2 Å². The number of ether oxygens (including phenoxy) is 1. The molecule has 2 rings (SSSR count). The van der Waals surface area contributed by atoms with Gasteiger partial charge in [-0.15, -0.1) is 11.6 Å². The first kappa shape index (κ1) is 10.8. The summed E-state index contributed by atoms with van der Waals surface area (Å²) in [6.07, 6.45) is 1.26. The monoisotopic (exact) mass is 225 g/mol. The summed E-state index contributed by atoms with van der Waals surface area (Å²) in [4.78, 5) is 0. The SMILES string of the molecule is CC(Cl)CNCC1Cc2ccccc2O1. The Hall–Kier alpha value is -0.730. The van der Waals surface area contributed by atoms with Crippen LogP contribution in [0.1, 0.15) is 12.5 Å². The smallest absolute Gasteiger partial charge is 0.123 e. The largest absolute Gasteiger partial charge is 0.488 e. The van der Waals surface area contributed by atoms with Gasteiger partial charge in [0, 0.05) is 24.9 Å². The maximum absolute atomic E-state index is 5.85. The molecular weight excluding hydrogens is 210 g/mol. The molecule has 0 radical (unpaired) electrons. The highest BCUT2D eigenvalue weighted by atomic mass is 35.5. The van der Waals surface area contributed by atoms with Crippen molar-refractivity contribution in [3.05, 3.63) is 29.8 Å². The van der Waals surface area contributed by atoms with E-state index in [0.717, 1.165) is 25.3 Å². The molecule has 15 heavy (non-hydrogen) atoms. The summed E-state index contributed by atoms with van der Waals surface area (Å²) in [7, 11) is 0. The van der Waals surface area contributed by atoms with Crippen LogP contribution >= 0.6 is 11.6 Å². The fraction of sp³-hybridized carbons (Fsp3) is 0.500. The molecule has 1 aliphatic rings. The minimum absolute atomic E-state index is 0.175. The zero-order valence-corrected chi connectivity index (χ0v) is 9.63. The molecule has 1 N–H and O–H groups in total. The Morgan fingerprint density at radius 2 is 2.33 bits per heavy atom. The summed E-state index contributed by atoms with van der Waals surface area (Å²) in [6, 6.07) is 8.22. The number of hydrogen-bond acceptors (Lipinski definition) is 2. The van der Waals surface area contributed by atoms with Crippen LogP contribution in [0.15, 0.2) is 24.3 Å². The Morgan fingerprint density at radius 1 is 1.53 bits per heavy atom. The molecule has 0 saturated carbocycles. The number of alkyl halides is 1. The molecule has 1 aromatic rings. The van der Waals surface area contributed by atoms with Crippen molar-refractivity contribution in [3.63, 3.8) is 0 Å². The fourth-order valence-electron chi connectivity index (χ4n) is 1.81. The molecule has 0 bridgehead atoms. The van der Waals surface area contributed by atoms with E-state index in [2.05, 4.69) is 17.4 Å². The molecule has 0 saturated heterocycles. The maximum atomic E-state index is 5.85. The van der Waals surface area contributed by atoms with Crippen LogP contribution in [0.2, 0.25) is 0 Å². The molecule has 0 aliphatic carbocycles. The molecule has 2 nitrogen and oxygen atoms in total. The first-order valence-electron chi connectivity index (χ1n) is 5.35. The molecule has 0 amide bonds. The van der Waals surface area contributed by atoms with Crippen molar-refractivity contribution >= 4 is 11.6 Å². The molecule has 2 atom stereocenters. The lowest BCUT2D eigenvalue weighted by atomic mass is 10.1. The van der Waals surface area contributed by atoms with Crippen LogP contribution in [0.3, 0.4) is 0 Å². The van der Waals surface area contributed by atoms with Crippen molar-refractivity contribution in [2.75, 3.05) is 13.1 Å². The Labute approximate surface area is 95.6 Å². The van der Waals surface area contributed by atoms with Gasteiger partial charge in [0.05, 0.1) is 0 Å². The highest BCUT2D eigenvalue weighted by Gasteiger charge is 2.21. The van der Waals surface area contributed by atoms with Crippen LogP contribution in [0, 0.1) is 0 Å². The molecule has 1 heterocycles. The number of hydrogen-bond donors (Lipinski definition) is 1. The second kappa shape index (κ2) is 4.86. The average Bonchev–Trinajstić information content (AvgIpc) is 2.59. The maximum Gasteiger partial charge on any atom is 0.123 e. The summed E-state index contributed by atoms with van der Waals surface area (Å²) in [5.74, 6) is 1.03. The highest BCUT2D eigenvalue weighted by molar-refractivity contribution is 6.20. The molecule has 0 aromatic heterocycles. The minimum atomic E-state index is 0.175. The van der Waals surface area contributed by atoms with E-state index in [1.54, 1.807) is 0 Å². The zero-order chi connectivity index (χ0) is 10.7. The third kappa shape index (κ3) is 2.86. The van der Waals surface area contributed by atoms with E-state index in [9.17, 15) is 0 Å². The van der Waals surface area contributed by atoms with E-state index in [0.29, 0.717) is 0 Å². The zero-order valence-electron chi connectivity index (χ0n) is 8.87. The van der Waals surface area contributed by atoms with E-state index >= 15 is 0 Å². The molecular formula is C12H16ClNO. The van der Waals surface area contributed by atoms with E-state index in [-0.39, 0.29) is 11.5 Å². The lowest BCUT2D eigenvalue weighted by molar-refractivity contribution is 0.228. The first-order valence-corrected chi connectivity index (χ1v) is 5.78. The minimum Gasteiger partial charge on any atom is -0.488 e. The predicted molar refractivity (Wildman–Crippen MR) is 62.7 cm³/mol. The number of nitrogens with one attached hydrogen (secondary N) is 1. The summed E-state index contributed by atoms with van der Waals surface area (Å²) in [6.45, 7) is 3.68. The van der Waals surface area contributed by atoms with Crippen molar-refractivity contribution in [1.29, 1.82) is 0 Å². The van der Waals surface area contributed by atoms with Crippen LogP contribution in [-0.4, -0.2) is 24.6 Å². The molecule has 82 valence electrons. The van der Waals surface area contributed by atoms with Crippen LogP contribution in [0.4, 0.5) is 0 Å². The highest BCUT2D eigenvalue weighted by Crippen LogP contribution is 2.27. The molecule has 0 spiro atoms. The second-order valence-corrected chi connectivity index (χ2v) is 4.74. The Morgan fingerprint density at radius 3 is 3.07 bits per heavy atom. The molecule has 1 aromatic carbocycles. The Kier molecular flexibility index (Phi) is 3.49. The van der Waals surface area contributed by atoms with Gasteiger partial charge in [-0.05, 0) is 18.6 Å². The Balaban J connectivity index is 1.80. The number of rotatable bonds is 4. The van der Waals surface area contributed by atoms with E-state index in [1.165, 1.54) is 5.56 Å². The Bertz CT molecular complexity index is 302.